The molecule has 2 N–H and O–H groups in total. The molecule has 5 heteroatoms. The van der Waals surface area contributed by atoms with Gasteiger partial charge in [-0.15, -0.1) is 12.4 Å². The first kappa shape index (κ1) is 17.8. The molecule has 0 aromatic heterocycles. The van der Waals surface area contributed by atoms with Gasteiger partial charge in [0.2, 0.25) is 0 Å². The van der Waals surface area contributed by atoms with Crippen LogP contribution in [0.4, 0.5) is 0 Å². The predicted octanol–water partition coefficient (Wildman–Crippen LogP) is 4.20. The van der Waals surface area contributed by atoms with Crippen LogP contribution in [0.5, 0.6) is 0 Å². The third kappa shape index (κ3) is 3.69. The molecule has 2 aromatic rings. The van der Waals surface area contributed by atoms with Gasteiger partial charge in [0.1, 0.15) is 0 Å². The second-order valence-corrected chi connectivity index (χ2v) is 5.99. The van der Waals surface area contributed by atoms with E-state index in [4.69, 9.17) is 17.3 Å². The van der Waals surface area contributed by atoms with Crippen molar-refractivity contribution in [1.29, 1.82) is 0 Å². The van der Waals surface area contributed by atoms with Crippen molar-refractivity contribution in [2.45, 2.75) is 25.4 Å². The third-order valence-corrected chi connectivity index (χ3v) is 4.56. The SMILES string of the molecule is Cl.NCc1ccc(C(=O)N2CCCC2c2ccccc2Cl)cc1. The molecule has 1 amide bonds. The van der Waals surface area contributed by atoms with Crippen LogP contribution in [-0.2, 0) is 6.54 Å². The number of amides is 1. The molecule has 1 fully saturated rings. The first-order valence-corrected chi connectivity index (χ1v) is 7.93. The van der Waals surface area contributed by atoms with Gasteiger partial charge in [0.05, 0.1) is 6.04 Å². The molecular formula is C18H20Cl2N2O. The molecule has 122 valence electrons. The molecule has 1 unspecified atom stereocenters. The quantitative estimate of drug-likeness (QED) is 0.901. The van der Waals surface area contributed by atoms with Gasteiger partial charge in [-0.25, -0.2) is 0 Å². The van der Waals surface area contributed by atoms with Crippen LogP contribution >= 0.6 is 24.0 Å². The number of benzene rings is 2. The van der Waals surface area contributed by atoms with Gasteiger partial charge in [-0.3, -0.25) is 4.79 Å². The fraction of sp³-hybridized carbons (Fsp3) is 0.278. The van der Waals surface area contributed by atoms with Gasteiger partial charge in [-0.05, 0) is 42.2 Å². The summed E-state index contributed by atoms with van der Waals surface area (Å²) in [4.78, 5) is 14.7. The molecule has 2 aromatic carbocycles. The Morgan fingerprint density at radius 2 is 1.87 bits per heavy atom. The second kappa shape index (κ2) is 7.82. The average molecular weight is 351 g/mol. The summed E-state index contributed by atoms with van der Waals surface area (Å²) >= 11 is 6.31. The summed E-state index contributed by atoms with van der Waals surface area (Å²) < 4.78 is 0. The number of hydrogen-bond donors (Lipinski definition) is 1. The lowest BCUT2D eigenvalue weighted by Gasteiger charge is -2.26. The summed E-state index contributed by atoms with van der Waals surface area (Å²) in [5.41, 5.74) is 8.37. The molecule has 3 rings (SSSR count). The smallest absolute Gasteiger partial charge is 0.254 e. The Morgan fingerprint density at radius 3 is 2.52 bits per heavy atom. The van der Waals surface area contributed by atoms with Crippen molar-refractivity contribution >= 4 is 29.9 Å². The molecule has 3 nitrogen and oxygen atoms in total. The standard InChI is InChI=1S/C18H19ClN2O.ClH/c19-16-5-2-1-4-15(16)17-6-3-11-21(17)18(22)14-9-7-13(12-20)8-10-14;/h1-2,4-5,7-10,17H,3,6,11-12,20H2;1H. The highest BCUT2D eigenvalue weighted by Gasteiger charge is 2.31. The molecule has 1 atom stereocenters. The van der Waals surface area contributed by atoms with Crippen LogP contribution in [0.3, 0.4) is 0 Å². The maximum Gasteiger partial charge on any atom is 0.254 e. The summed E-state index contributed by atoms with van der Waals surface area (Å²) in [6.45, 7) is 1.26. The van der Waals surface area contributed by atoms with Crippen molar-refractivity contribution in [1.82, 2.24) is 4.90 Å². The Balaban J connectivity index is 0.00000192. The highest BCUT2D eigenvalue weighted by molar-refractivity contribution is 6.31. The monoisotopic (exact) mass is 350 g/mol. The second-order valence-electron chi connectivity index (χ2n) is 5.58. The number of hydrogen-bond acceptors (Lipinski definition) is 2. The van der Waals surface area contributed by atoms with Gasteiger partial charge in [0.15, 0.2) is 0 Å². The van der Waals surface area contributed by atoms with E-state index in [0.717, 1.165) is 35.5 Å². The van der Waals surface area contributed by atoms with Gasteiger partial charge in [-0.1, -0.05) is 41.9 Å². The fourth-order valence-electron chi connectivity index (χ4n) is 3.03. The summed E-state index contributed by atoms with van der Waals surface area (Å²) in [7, 11) is 0. The Labute approximate surface area is 147 Å². The minimum Gasteiger partial charge on any atom is -0.332 e. The van der Waals surface area contributed by atoms with E-state index in [1.54, 1.807) is 0 Å². The van der Waals surface area contributed by atoms with Gasteiger partial charge < -0.3 is 10.6 Å². The van der Waals surface area contributed by atoms with E-state index in [9.17, 15) is 4.79 Å². The van der Waals surface area contributed by atoms with Crippen LogP contribution in [0.2, 0.25) is 5.02 Å². The van der Waals surface area contributed by atoms with Crippen molar-refractivity contribution in [2.24, 2.45) is 5.73 Å². The molecule has 0 radical (unpaired) electrons. The molecule has 1 aliphatic rings. The van der Waals surface area contributed by atoms with Crippen molar-refractivity contribution < 1.29 is 4.79 Å². The predicted molar refractivity (Wildman–Crippen MR) is 96.0 cm³/mol. The van der Waals surface area contributed by atoms with Gasteiger partial charge in [0.25, 0.3) is 5.91 Å². The lowest BCUT2D eigenvalue weighted by molar-refractivity contribution is 0.0735. The van der Waals surface area contributed by atoms with E-state index in [2.05, 4.69) is 0 Å². The molecule has 0 saturated carbocycles. The zero-order valence-electron chi connectivity index (χ0n) is 12.7. The topological polar surface area (TPSA) is 46.3 Å². The molecule has 0 spiro atoms. The molecule has 0 bridgehead atoms. The largest absolute Gasteiger partial charge is 0.332 e. The zero-order valence-corrected chi connectivity index (χ0v) is 14.3. The third-order valence-electron chi connectivity index (χ3n) is 4.21. The molecular weight excluding hydrogens is 331 g/mol. The summed E-state index contributed by atoms with van der Waals surface area (Å²) in [6, 6.07) is 15.4. The Kier molecular flexibility index (Phi) is 6.05. The number of likely N-dealkylation sites (tertiary alicyclic amines) is 1. The van der Waals surface area contributed by atoms with Crippen molar-refractivity contribution in [3.63, 3.8) is 0 Å². The molecule has 1 aliphatic heterocycles. The molecule has 23 heavy (non-hydrogen) atoms. The molecule has 0 aliphatic carbocycles. The first-order valence-electron chi connectivity index (χ1n) is 7.55. The summed E-state index contributed by atoms with van der Waals surface area (Å²) in [5, 5.41) is 0.727. The Hall–Kier alpha value is -1.55. The normalized spacial score (nSPS) is 17.0. The number of nitrogens with zero attached hydrogens (tertiary/aromatic N) is 1. The van der Waals surface area contributed by atoms with Gasteiger partial charge in [0, 0.05) is 23.7 Å². The zero-order chi connectivity index (χ0) is 15.5. The lowest BCUT2D eigenvalue weighted by atomic mass is 10.0. The van der Waals surface area contributed by atoms with Crippen LogP contribution in [-0.4, -0.2) is 17.4 Å². The highest BCUT2D eigenvalue weighted by Crippen LogP contribution is 2.36. The molecule has 1 saturated heterocycles. The minimum atomic E-state index is 0. The van der Waals surface area contributed by atoms with E-state index in [0.29, 0.717) is 12.1 Å². The van der Waals surface area contributed by atoms with Gasteiger partial charge in [-0.2, -0.15) is 0 Å². The van der Waals surface area contributed by atoms with E-state index in [1.165, 1.54) is 0 Å². The highest BCUT2D eigenvalue weighted by atomic mass is 35.5. The van der Waals surface area contributed by atoms with Crippen molar-refractivity contribution in [3.8, 4) is 0 Å². The summed E-state index contributed by atoms with van der Waals surface area (Å²) in [5.74, 6) is 0.0611. The van der Waals surface area contributed by atoms with Crippen molar-refractivity contribution in [3.05, 3.63) is 70.2 Å². The van der Waals surface area contributed by atoms with Gasteiger partial charge >= 0.3 is 0 Å². The van der Waals surface area contributed by atoms with Crippen LogP contribution in [0.25, 0.3) is 0 Å². The number of carbonyl (C=O) groups excluding carboxylic acids is 1. The van der Waals surface area contributed by atoms with E-state index < -0.39 is 0 Å². The Morgan fingerprint density at radius 1 is 1.17 bits per heavy atom. The first-order chi connectivity index (χ1) is 10.7. The van der Waals surface area contributed by atoms with E-state index >= 15 is 0 Å². The maximum atomic E-state index is 12.8. The molecule has 1 heterocycles. The lowest BCUT2D eigenvalue weighted by Crippen LogP contribution is -2.30. The number of carbonyl (C=O) groups is 1. The van der Waals surface area contributed by atoms with E-state index in [-0.39, 0.29) is 24.4 Å². The number of rotatable bonds is 3. The number of nitrogens with two attached hydrogens (primary N) is 1. The van der Waals surface area contributed by atoms with Crippen LogP contribution in [0.15, 0.2) is 48.5 Å². The van der Waals surface area contributed by atoms with Crippen LogP contribution in [0, 0.1) is 0 Å². The maximum absolute atomic E-state index is 12.8. The van der Waals surface area contributed by atoms with Crippen LogP contribution < -0.4 is 5.73 Å². The number of halogens is 2. The van der Waals surface area contributed by atoms with E-state index in [1.807, 2.05) is 53.4 Å². The van der Waals surface area contributed by atoms with Crippen molar-refractivity contribution in [2.75, 3.05) is 6.54 Å². The summed E-state index contributed by atoms with van der Waals surface area (Å²) in [6.07, 6.45) is 1.96. The minimum absolute atomic E-state index is 0. The average Bonchev–Trinajstić information content (AvgIpc) is 3.04. The fourth-order valence-corrected chi connectivity index (χ4v) is 3.29. The van der Waals surface area contributed by atoms with Crippen LogP contribution in [0.1, 0.15) is 40.4 Å². The Bertz CT molecular complexity index is 673.